The van der Waals surface area contributed by atoms with Crippen molar-refractivity contribution in [1.82, 2.24) is 20.0 Å². The quantitative estimate of drug-likeness (QED) is 0.842. The van der Waals surface area contributed by atoms with Crippen molar-refractivity contribution in [3.8, 4) is 0 Å². The van der Waals surface area contributed by atoms with Crippen molar-refractivity contribution < 1.29 is 0 Å². The first kappa shape index (κ1) is 11.8. The van der Waals surface area contributed by atoms with E-state index in [1.54, 1.807) is 0 Å². The zero-order valence-corrected chi connectivity index (χ0v) is 10.7. The van der Waals surface area contributed by atoms with Gasteiger partial charge in [-0.15, -0.1) is 10.2 Å². The van der Waals surface area contributed by atoms with Gasteiger partial charge >= 0.3 is 0 Å². The predicted octanol–water partition coefficient (Wildman–Crippen LogP) is 0.646. The van der Waals surface area contributed by atoms with Crippen LogP contribution in [0.3, 0.4) is 0 Å². The third-order valence-electron chi connectivity index (χ3n) is 3.13. The first-order valence-corrected chi connectivity index (χ1v) is 6.43. The van der Waals surface area contributed by atoms with Crippen molar-refractivity contribution in [2.24, 2.45) is 0 Å². The predicted molar refractivity (Wildman–Crippen MR) is 66.3 cm³/mol. The lowest BCUT2D eigenvalue weighted by molar-refractivity contribution is 0.139. The molecule has 5 nitrogen and oxygen atoms in total. The van der Waals surface area contributed by atoms with Crippen LogP contribution in [0.15, 0.2) is 0 Å². The highest BCUT2D eigenvalue weighted by Crippen LogP contribution is 2.18. The van der Waals surface area contributed by atoms with Crippen LogP contribution in [0.5, 0.6) is 0 Å². The van der Waals surface area contributed by atoms with Gasteiger partial charge in [0.2, 0.25) is 5.13 Å². The lowest BCUT2D eigenvalue weighted by Gasteiger charge is -2.34. The standard InChI is InChI=1S/C10H19N5S/c1-14(2)8-3-5-15(6-4-8)7-9-12-13-10(11)16-9/h8H,3-7H2,1-2H3,(H2,11,13). The Labute approximate surface area is 100 Å². The smallest absolute Gasteiger partial charge is 0.203 e. The second-order valence-corrected chi connectivity index (χ2v) is 5.60. The maximum atomic E-state index is 5.57. The summed E-state index contributed by atoms with van der Waals surface area (Å²) in [6.45, 7) is 3.18. The molecule has 0 bridgehead atoms. The molecule has 0 spiro atoms. The Kier molecular flexibility index (Phi) is 3.73. The molecule has 1 fully saturated rings. The normalized spacial score (nSPS) is 19.4. The SMILES string of the molecule is CN(C)C1CCN(Cc2nnc(N)s2)CC1. The van der Waals surface area contributed by atoms with E-state index in [1.807, 2.05) is 0 Å². The van der Waals surface area contributed by atoms with E-state index in [2.05, 4.69) is 34.1 Å². The minimum Gasteiger partial charge on any atom is -0.374 e. The molecule has 2 N–H and O–H groups in total. The van der Waals surface area contributed by atoms with Crippen molar-refractivity contribution in [3.63, 3.8) is 0 Å². The third kappa shape index (κ3) is 2.90. The van der Waals surface area contributed by atoms with E-state index in [0.29, 0.717) is 5.13 Å². The number of hydrogen-bond acceptors (Lipinski definition) is 6. The summed E-state index contributed by atoms with van der Waals surface area (Å²) in [5, 5.41) is 9.49. The maximum absolute atomic E-state index is 5.57. The molecule has 1 aromatic rings. The minimum atomic E-state index is 0.568. The molecule has 0 saturated carbocycles. The van der Waals surface area contributed by atoms with E-state index in [9.17, 15) is 0 Å². The minimum absolute atomic E-state index is 0.568. The number of hydrogen-bond donors (Lipinski definition) is 1. The molecule has 6 heteroatoms. The van der Waals surface area contributed by atoms with Crippen LogP contribution in [0.1, 0.15) is 17.8 Å². The van der Waals surface area contributed by atoms with E-state index in [0.717, 1.165) is 30.7 Å². The molecule has 0 radical (unpaired) electrons. The van der Waals surface area contributed by atoms with Gasteiger partial charge in [0.1, 0.15) is 5.01 Å². The molecule has 0 unspecified atom stereocenters. The van der Waals surface area contributed by atoms with Crippen molar-refractivity contribution in [3.05, 3.63) is 5.01 Å². The van der Waals surface area contributed by atoms with Gasteiger partial charge in [-0.25, -0.2) is 0 Å². The van der Waals surface area contributed by atoms with Crippen LogP contribution in [-0.2, 0) is 6.54 Å². The second kappa shape index (κ2) is 5.07. The van der Waals surface area contributed by atoms with Crippen LogP contribution in [0.25, 0.3) is 0 Å². The zero-order chi connectivity index (χ0) is 11.5. The molecule has 0 aromatic carbocycles. The van der Waals surface area contributed by atoms with E-state index >= 15 is 0 Å². The summed E-state index contributed by atoms with van der Waals surface area (Å²) in [6, 6.07) is 0.732. The van der Waals surface area contributed by atoms with Gasteiger partial charge < -0.3 is 10.6 Å². The van der Waals surface area contributed by atoms with Gasteiger partial charge in [-0.3, -0.25) is 4.90 Å². The Balaban J connectivity index is 1.81. The molecule has 2 rings (SSSR count). The Bertz CT molecular complexity index is 330. The van der Waals surface area contributed by atoms with E-state index in [1.165, 1.54) is 24.2 Å². The monoisotopic (exact) mass is 241 g/mol. The molecule has 1 saturated heterocycles. The van der Waals surface area contributed by atoms with Crippen molar-refractivity contribution in [1.29, 1.82) is 0 Å². The van der Waals surface area contributed by atoms with E-state index < -0.39 is 0 Å². The largest absolute Gasteiger partial charge is 0.374 e. The fourth-order valence-electron chi connectivity index (χ4n) is 2.12. The number of nitrogens with zero attached hydrogens (tertiary/aromatic N) is 4. The second-order valence-electron chi connectivity index (χ2n) is 4.50. The Morgan fingerprint density at radius 3 is 2.56 bits per heavy atom. The summed E-state index contributed by atoms with van der Waals surface area (Å²) in [6.07, 6.45) is 2.47. The fraction of sp³-hybridized carbons (Fsp3) is 0.800. The summed E-state index contributed by atoms with van der Waals surface area (Å²) in [5.74, 6) is 0. The molecule has 2 heterocycles. The van der Waals surface area contributed by atoms with Gasteiger partial charge in [-0.1, -0.05) is 11.3 Å². The molecule has 90 valence electrons. The first-order chi connectivity index (χ1) is 7.65. The van der Waals surface area contributed by atoms with Crippen LogP contribution in [-0.4, -0.2) is 53.2 Å². The molecule has 1 aromatic heterocycles. The third-order valence-corrected chi connectivity index (χ3v) is 3.87. The van der Waals surface area contributed by atoms with Gasteiger partial charge in [0, 0.05) is 19.1 Å². The summed E-state index contributed by atoms with van der Waals surface area (Å²) >= 11 is 1.49. The summed E-state index contributed by atoms with van der Waals surface area (Å²) < 4.78 is 0. The lowest BCUT2D eigenvalue weighted by atomic mass is 10.0. The van der Waals surface area contributed by atoms with Crippen LogP contribution in [0.4, 0.5) is 5.13 Å². The van der Waals surface area contributed by atoms with Gasteiger partial charge in [0.25, 0.3) is 0 Å². The number of piperidine rings is 1. The average Bonchev–Trinajstić information content (AvgIpc) is 2.65. The van der Waals surface area contributed by atoms with Gasteiger partial charge in [-0.2, -0.15) is 0 Å². The van der Waals surface area contributed by atoms with Crippen LogP contribution in [0, 0.1) is 0 Å². The Morgan fingerprint density at radius 2 is 2.06 bits per heavy atom. The number of aromatic nitrogens is 2. The molecule has 1 aliphatic rings. The highest BCUT2D eigenvalue weighted by molar-refractivity contribution is 7.15. The fourth-order valence-corrected chi connectivity index (χ4v) is 2.77. The van der Waals surface area contributed by atoms with Crippen molar-refractivity contribution in [2.45, 2.75) is 25.4 Å². The van der Waals surface area contributed by atoms with Crippen LogP contribution in [0.2, 0.25) is 0 Å². The van der Waals surface area contributed by atoms with Crippen LogP contribution >= 0.6 is 11.3 Å². The van der Waals surface area contributed by atoms with Gasteiger partial charge in [0.05, 0.1) is 6.54 Å². The highest BCUT2D eigenvalue weighted by Gasteiger charge is 2.21. The van der Waals surface area contributed by atoms with Gasteiger partial charge in [0.15, 0.2) is 0 Å². The van der Waals surface area contributed by atoms with Crippen molar-refractivity contribution >= 4 is 16.5 Å². The summed E-state index contributed by atoms with van der Waals surface area (Å²) in [5.41, 5.74) is 5.57. The van der Waals surface area contributed by atoms with E-state index in [-0.39, 0.29) is 0 Å². The van der Waals surface area contributed by atoms with Gasteiger partial charge in [-0.05, 0) is 26.9 Å². The Morgan fingerprint density at radius 1 is 1.38 bits per heavy atom. The zero-order valence-electron chi connectivity index (χ0n) is 9.89. The molecular formula is C10H19N5S. The van der Waals surface area contributed by atoms with Crippen molar-refractivity contribution in [2.75, 3.05) is 32.9 Å². The molecule has 16 heavy (non-hydrogen) atoms. The average molecular weight is 241 g/mol. The molecular weight excluding hydrogens is 222 g/mol. The van der Waals surface area contributed by atoms with E-state index in [4.69, 9.17) is 5.73 Å². The topological polar surface area (TPSA) is 58.3 Å². The Hall–Kier alpha value is -0.720. The number of nitrogens with two attached hydrogens (primary N) is 1. The first-order valence-electron chi connectivity index (χ1n) is 5.62. The summed E-state index contributed by atoms with van der Waals surface area (Å²) in [4.78, 5) is 4.75. The summed E-state index contributed by atoms with van der Waals surface area (Å²) in [7, 11) is 4.32. The highest BCUT2D eigenvalue weighted by atomic mass is 32.1. The number of likely N-dealkylation sites (tertiary alicyclic amines) is 1. The lowest BCUT2D eigenvalue weighted by Crippen LogP contribution is -2.41. The molecule has 1 aliphatic heterocycles. The number of anilines is 1. The molecule has 0 amide bonds. The number of rotatable bonds is 3. The van der Waals surface area contributed by atoms with Crippen LogP contribution < -0.4 is 5.73 Å². The molecule has 0 atom stereocenters. The maximum Gasteiger partial charge on any atom is 0.203 e. The molecule has 0 aliphatic carbocycles. The number of nitrogen functional groups attached to an aromatic ring is 1.